The van der Waals surface area contributed by atoms with E-state index in [1.165, 1.54) is 44.2 Å². The molecule has 0 nitrogen and oxygen atoms in total. The first-order valence-electron chi connectivity index (χ1n) is 7.75. The fourth-order valence-corrected chi connectivity index (χ4v) is 3.71. The molecule has 0 heteroatoms. The van der Waals surface area contributed by atoms with Crippen molar-refractivity contribution in [2.75, 3.05) is 0 Å². The molecule has 2 aliphatic rings. The van der Waals surface area contributed by atoms with Crippen molar-refractivity contribution in [1.29, 1.82) is 0 Å². The molecule has 1 radical (unpaired) electrons. The molecular formula is C22H15. The van der Waals surface area contributed by atoms with Crippen LogP contribution >= 0.6 is 0 Å². The van der Waals surface area contributed by atoms with Gasteiger partial charge in [0, 0.05) is 6.42 Å². The Labute approximate surface area is 130 Å². The van der Waals surface area contributed by atoms with E-state index in [4.69, 9.17) is 0 Å². The normalized spacial score (nSPS) is 14.9. The summed E-state index contributed by atoms with van der Waals surface area (Å²) in [7, 11) is 0. The quantitative estimate of drug-likeness (QED) is 0.561. The summed E-state index contributed by atoms with van der Waals surface area (Å²) in [5, 5.41) is 2.75. The van der Waals surface area contributed by atoms with Crippen LogP contribution in [0, 0.1) is 6.42 Å². The number of fused-ring (bicyclic) bond motifs is 1. The van der Waals surface area contributed by atoms with Gasteiger partial charge in [-0.2, -0.15) is 0 Å². The third-order valence-electron chi connectivity index (χ3n) is 4.68. The number of allylic oxidation sites excluding steroid dienone is 2. The molecule has 0 heterocycles. The summed E-state index contributed by atoms with van der Waals surface area (Å²) in [6, 6.07) is 21.8. The maximum atomic E-state index is 2.36. The highest BCUT2D eigenvalue weighted by atomic mass is 14.2. The van der Waals surface area contributed by atoms with Gasteiger partial charge < -0.3 is 0 Å². The Hall–Kier alpha value is -2.60. The zero-order chi connectivity index (χ0) is 14.5. The number of benzene rings is 3. The number of hydrogen-bond acceptors (Lipinski definition) is 0. The zero-order valence-corrected chi connectivity index (χ0v) is 12.2. The molecule has 0 atom stereocenters. The molecule has 0 aliphatic heterocycles. The molecule has 103 valence electrons. The van der Waals surface area contributed by atoms with E-state index >= 15 is 0 Å². The van der Waals surface area contributed by atoms with Crippen LogP contribution in [0.1, 0.15) is 28.7 Å². The van der Waals surface area contributed by atoms with Crippen LogP contribution in [0.5, 0.6) is 0 Å². The van der Waals surface area contributed by atoms with Crippen molar-refractivity contribution in [2.45, 2.75) is 6.42 Å². The number of hydrogen-bond donors (Lipinski definition) is 0. The highest BCUT2D eigenvalue weighted by Gasteiger charge is 2.19. The third-order valence-corrected chi connectivity index (χ3v) is 4.68. The fourth-order valence-electron chi connectivity index (χ4n) is 3.71. The van der Waals surface area contributed by atoms with Crippen LogP contribution in [-0.4, -0.2) is 0 Å². The zero-order valence-electron chi connectivity index (χ0n) is 12.2. The molecule has 0 unspecified atom stereocenters. The van der Waals surface area contributed by atoms with Crippen LogP contribution in [0.2, 0.25) is 0 Å². The topological polar surface area (TPSA) is 0 Å². The van der Waals surface area contributed by atoms with E-state index in [9.17, 15) is 0 Å². The molecule has 0 bridgehead atoms. The monoisotopic (exact) mass is 279 g/mol. The van der Waals surface area contributed by atoms with E-state index in [1.807, 2.05) is 0 Å². The lowest BCUT2D eigenvalue weighted by Crippen LogP contribution is -1.86. The molecule has 0 fully saturated rings. The van der Waals surface area contributed by atoms with Gasteiger partial charge in [0.1, 0.15) is 0 Å². The highest BCUT2D eigenvalue weighted by Crippen LogP contribution is 2.41. The average Bonchev–Trinajstić information content (AvgIpc) is 3.11. The summed E-state index contributed by atoms with van der Waals surface area (Å²) in [6.45, 7) is 0. The van der Waals surface area contributed by atoms with E-state index in [2.05, 4.69) is 79.2 Å². The molecule has 0 saturated heterocycles. The van der Waals surface area contributed by atoms with Crippen LogP contribution in [0.3, 0.4) is 0 Å². The van der Waals surface area contributed by atoms with Gasteiger partial charge in [-0.1, -0.05) is 78.4 Å². The van der Waals surface area contributed by atoms with Gasteiger partial charge in [-0.15, -0.1) is 0 Å². The second kappa shape index (κ2) is 4.45. The van der Waals surface area contributed by atoms with Crippen LogP contribution in [0.4, 0.5) is 0 Å². The Morgan fingerprint density at radius 2 is 1.41 bits per heavy atom. The van der Waals surface area contributed by atoms with Gasteiger partial charge in [-0.05, 0) is 45.0 Å². The maximum Gasteiger partial charge on any atom is 0.0167 e. The lowest BCUT2D eigenvalue weighted by molar-refractivity contribution is 1.30. The Morgan fingerprint density at radius 3 is 2.27 bits per heavy atom. The van der Waals surface area contributed by atoms with Crippen molar-refractivity contribution < 1.29 is 0 Å². The van der Waals surface area contributed by atoms with Crippen LogP contribution in [0.25, 0.3) is 28.5 Å². The van der Waals surface area contributed by atoms with Crippen molar-refractivity contribution in [1.82, 2.24) is 0 Å². The van der Waals surface area contributed by atoms with Gasteiger partial charge >= 0.3 is 0 Å². The van der Waals surface area contributed by atoms with Crippen molar-refractivity contribution in [3.63, 3.8) is 0 Å². The molecule has 0 aromatic heterocycles. The minimum absolute atomic E-state index is 1.00. The smallest absolute Gasteiger partial charge is 0.0167 e. The maximum absolute atomic E-state index is 2.36. The average molecular weight is 279 g/mol. The number of rotatable bonds is 2. The van der Waals surface area contributed by atoms with Crippen molar-refractivity contribution in [2.24, 2.45) is 0 Å². The predicted molar refractivity (Wildman–Crippen MR) is 94.3 cm³/mol. The van der Waals surface area contributed by atoms with Gasteiger partial charge in [-0.25, -0.2) is 0 Å². The molecule has 0 N–H and O–H groups in total. The lowest BCUT2D eigenvalue weighted by Gasteiger charge is -2.07. The molecule has 0 spiro atoms. The molecule has 2 aliphatic carbocycles. The molecule has 0 saturated carbocycles. The van der Waals surface area contributed by atoms with E-state index in [0.29, 0.717) is 0 Å². The van der Waals surface area contributed by atoms with Crippen molar-refractivity contribution >= 4 is 28.5 Å². The second-order valence-corrected chi connectivity index (χ2v) is 6.09. The van der Waals surface area contributed by atoms with Gasteiger partial charge in [0.25, 0.3) is 0 Å². The summed E-state index contributed by atoms with van der Waals surface area (Å²) in [4.78, 5) is 0. The summed E-state index contributed by atoms with van der Waals surface area (Å²) in [6.07, 6.45) is 8.00. The summed E-state index contributed by atoms with van der Waals surface area (Å²) in [5.74, 6) is 0. The molecule has 22 heavy (non-hydrogen) atoms. The highest BCUT2D eigenvalue weighted by molar-refractivity contribution is 6.09. The van der Waals surface area contributed by atoms with Crippen LogP contribution < -0.4 is 0 Å². The largest absolute Gasteiger partial charge is 0.0619 e. The van der Waals surface area contributed by atoms with E-state index in [-0.39, 0.29) is 0 Å². The Morgan fingerprint density at radius 1 is 0.636 bits per heavy atom. The fraction of sp³-hybridized carbons (Fsp3) is 0.0455. The predicted octanol–water partition coefficient (Wildman–Crippen LogP) is 5.73. The SMILES string of the molecule is [CH]1C(CC2=Cc3cccc4cccc2c34)=Cc2ccccc21. The van der Waals surface area contributed by atoms with Gasteiger partial charge in [-0.3, -0.25) is 0 Å². The summed E-state index contributed by atoms with van der Waals surface area (Å²) < 4.78 is 0. The van der Waals surface area contributed by atoms with E-state index in [0.717, 1.165) is 6.42 Å². The lowest BCUT2D eigenvalue weighted by atomic mass is 9.97. The van der Waals surface area contributed by atoms with Gasteiger partial charge in [0.05, 0.1) is 0 Å². The molecule has 0 amide bonds. The Kier molecular flexibility index (Phi) is 2.42. The summed E-state index contributed by atoms with van der Waals surface area (Å²) in [5.41, 5.74) is 8.27. The molecule has 3 aromatic rings. The first-order valence-corrected chi connectivity index (χ1v) is 7.75. The third kappa shape index (κ3) is 1.70. The molecule has 3 aromatic carbocycles. The van der Waals surface area contributed by atoms with E-state index in [1.54, 1.807) is 0 Å². The van der Waals surface area contributed by atoms with E-state index < -0.39 is 0 Å². The minimum Gasteiger partial charge on any atom is -0.0619 e. The Balaban J connectivity index is 1.54. The van der Waals surface area contributed by atoms with Gasteiger partial charge in [0.2, 0.25) is 0 Å². The standard InChI is InChI=1S/C22H15/c1-2-6-18-12-15(11-17(18)5-1)13-20-14-19-9-3-7-16-8-4-10-21(20)22(16)19/h1-12,14H,13H2. The molecule has 5 rings (SSSR count). The van der Waals surface area contributed by atoms with Crippen molar-refractivity contribution in [3.8, 4) is 0 Å². The Bertz CT molecular complexity index is 965. The summed E-state index contributed by atoms with van der Waals surface area (Å²) >= 11 is 0. The second-order valence-electron chi connectivity index (χ2n) is 6.09. The van der Waals surface area contributed by atoms with Crippen LogP contribution in [-0.2, 0) is 0 Å². The first-order chi connectivity index (χ1) is 10.9. The van der Waals surface area contributed by atoms with Crippen molar-refractivity contribution in [3.05, 3.63) is 94.9 Å². The molecular weight excluding hydrogens is 264 g/mol. The van der Waals surface area contributed by atoms with Crippen LogP contribution in [0.15, 0.2) is 66.2 Å². The first kappa shape index (κ1) is 12.0. The minimum atomic E-state index is 1.00. The van der Waals surface area contributed by atoms with Gasteiger partial charge in [0.15, 0.2) is 0 Å².